The van der Waals surface area contributed by atoms with Crippen LogP contribution in [-0.2, 0) is 21.3 Å². The molecule has 5 nitrogen and oxygen atoms in total. The lowest BCUT2D eigenvalue weighted by Crippen LogP contribution is -2.35. The van der Waals surface area contributed by atoms with Crippen LogP contribution in [0, 0.1) is 13.8 Å². The fourth-order valence-corrected chi connectivity index (χ4v) is 3.20. The first kappa shape index (κ1) is 18.4. The van der Waals surface area contributed by atoms with Crippen molar-refractivity contribution in [1.29, 1.82) is 0 Å². The van der Waals surface area contributed by atoms with Gasteiger partial charge in [0.15, 0.2) is 0 Å². The fourth-order valence-electron chi connectivity index (χ4n) is 2.15. The predicted octanol–water partition coefficient (Wildman–Crippen LogP) is 3.12. The van der Waals surface area contributed by atoms with Crippen molar-refractivity contribution in [2.75, 3.05) is 5.75 Å². The summed E-state index contributed by atoms with van der Waals surface area (Å²) in [6, 6.07) is 7.97. The molecule has 0 unspecified atom stereocenters. The molecule has 0 aliphatic heterocycles. The Balaban J connectivity index is 2.01. The van der Waals surface area contributed by atoms with E-state index >= 15 is 0 Å². The van der Waals surface area contributed by atoms with Gasteiger partial charge in [-0.15, -0.1) is 0 Å². The lowest BCUT2D eigenvalue weighted by Gasteiger charge is -2.10. The van der Waals surface area contributed by atoms with Gasteiger partial charge >= 0.3 is 0 Å². The Morgan fingerprint density at radius 1 is 1.29 bits per heavy atom. The molecule has 0 aliphatic carbocycles. The normalized spacial score (nSPS) is 13.5. The Morgan fingerprint density at radius 2 is 1.96 bits per heavy atom. The Kier molecular flexibility index (Phi) is 6.31. The summed E-state index contributed by atoms with van der Waals surface area (Å²) in [4.78, 5) is 16.3. The standard InChI is InChI=1S/C18H24N2O3S/c1-5-13(3)19-17(21)11-24(22)10-16-14(4)23-18(20-16)15-8-6-12(2)7-9-15/h6-9,13H,5,10-11H2,1-4H3,(H,19,21)/t13-,24-/m0/s1. The van der Waals surface area contributed by atoms with Crippen LogP contribution in [-0.4, -0.2) is 26.9 Å². The number of oxazole rings is 1. The summed E-state index contributed by atoms with van der Waals surface area (Å²) >= 11 is 0. The number of aryl methyl sites for hydroxylation is 2. The van der Waals surface area contributed by atoms with E-state index in [4.69, 9.17) is 4.42 Å². The van der Waals surface area contributed by atoms with Crippen molar-refractivity contribution >= 4 is 16.7 Å². The van der Waals surface area contributed by atoms with Gasteiger partial charge in [0.25, 0.3) is 0 Å². The van der Waals surface area contributed by atoms with Crippen molar-refractivity contribution < 1.29 is 13.4 Å². The van der Waals surface area contributed by atoms with Gasteiger partial charge in [-0.05, 0) is 39.3 Å². The molecule has 0 saturated heterocycles. The van der Waals surface area contributed by atoms with Gasteiger partial charge in [-0.25, -0.2) is 4.98 Å². The van der Waals surface area contributed by atoms with E-state index in [0.29, 0.717) is 17.3 Å². The van der Waals surface area contributed by atoms with Crippen molar-refractivity contribution in [2.24, 2.45) is 0 Å². The van der Waals surface area contributed by atoms with Gasteiger partial charge in [0.05, 0.1) is 11.4 Å². The predicted molar refractivity (Wildman–Crippen MR) is 96.0 cm³/mol. The monoisotopic (exact) mass is 348 g/mol. The maximum Gasteiger partial charge on any atom is 0.232 e. The molecule has 0 saturated carbocycles. The molecule has 24 heavy (non-hydrogen) atoms. The topological polar surface area (TPSA) is 72.2 Å². The zero-order chi connectivity index (χ0) is 17.7. The minimum Gasteiger partial charge on any atom is -0.441 e. The van der Waals surface area contributed by atoms with Crippen molar-refractivity contribution in [2.45, 2.75) is 45.9 Å². The second kappa shape index (κ2) is 8.24. The van der Waals surface area contributed by atoms with Gasteiger partial charge in [-0.2, -0.15) is 0 Å². The number of carbonyl (C=O) groups is 1. The largest absolute Gasteiger partial charge is 0.441 e. The third-order valence-corrected chi connectivity index (χ3v) is 4.98. The molecule has 130 valence electrons. The maximum atomic E-state index is 12.2. The quantitative estimate of drug-likeness (QED) is 0.834. The van der Waals surface area contributed by atoms with Crippen molar-refractivity contribution in [3.05, 3.63) is 41.3 Å². The van der Waals surface area contributed by atoms with Crippen LogP contribution < -0.4 is 5.32 Å². The van der Waals surface area contributed by atoms with Crippen LogP contribution in [0.1, 0.15) is 37.3 Å². The van der Waals surface area contributed by atoms with Crippen LogP contribution >= 0.6 is 0 Å². The molecule has 0 radical (unpaired) electrons. The number of aromatic nitrogens is 1. The number of benzene rings is 1. The fraction of sp³-hybridized carbons (Fsp3) is 0.444. The molecule has 0 fully saturated rings. The molecular formula is C18H24N2O3S. The zero-order valence-electron chi connectivity index (χ0n) is 14.6. The summed E-state index contributed by atoms with van der Waals surface area (Å²) in [5.41, 5.74) is 2.69. The highest BCUT2D eigenvalue weighted by molar-refractivity contribution is 7.84. The molecule has 1 N–H and O–H groups in total. The molecule has 1 aromatic carbocycles. The van der Waals surface area contributed by atoms with Gasteiger partial charge in [0.1, 0.15) is 11.5 Å². The molecule has 2 rings (SSSR count). The van der Waals surface area contributed by atoms with E-state index in [2.05, 4.69) is 10.3 Å². The summed E-state index contributed by atoms with van der Waals surface area (Å²) < 4.78 is 17.9. The number of hydrogen-bond acceptors (Lipinski definition) is 4. The van der Waals surface area contributed by atoms with E-state index in [-0.39, 0.29) is 23.5 Å². The molecule has 1 heterocycles. The van der Waals surface area contributed by atoms with Gasteiger partial charge < -0.3 is 9.73 Å². The van der Waals surface area contributed by atoms with Gasteiger partial charge in [0, 0.05) is 22.4 Å². The second-order valence-electron chi connectivity index (χ2n) is 5.99. The van der Waals surface area contributed by atoms with Crippen LogP contribution in [0.25, 0.3) is 11.5 Å². The van der Waals surface area contributed by atoms with E-state index in [9.17, 15) is 9.00 Å². The highest BCUT2D eigenvalue weighted by atomic mass is 32.2. The smallest absolute Gasteiger partial charge is 0.232 e. The van der Waals surface area contributed by atoms with E-state index in [1.807, 2.05) is 45.0 Å². The third-order valence-electron chi connectivity index (χ3n) is 3.80. The van der Waals surface area contributed by atoms with Crippen molar-refractivity contribution in [3.63, 3.8) is 0 Å². The maximum absolute atomic E-state index is 12.2. The molecule has 6 heteroatoms. The average Bonchev–Trinajstić information content (AvgIpc) is 2.88. The van der Waals surface area contributed by atoms with Crippen LogP contribution in [0.4, 0.5) is 0 Å². The van der Waals surface area contributed by atoms with Gasteiger partial charge in [-0.1, -0.05) is 24.6 Å². The van der Waals surface area contributed by atoms with Crippen LogP contribution in [0.15, 0.2) is 28.7 Å². The van der Waals surface area contributed by atoms with Crippen LogP contribution in [0.3, 0.4) is 0 Å². The minimum absolute atomic E-state index is 0.0174. The van der Waals surface area contributed by atoms with Crippen molar-refractivity contribution in [1.82, 2.24) is 10.3 Å². The number of rotatable bonds is 7. The molecule has 0 spiro atoms. The summed E-state index contributed by atoms with van der Waals surface area (Å²) in [6.07, 6.45) is 0.848. The molecule has 0 bridgehead atoms. The van der Waals surface area contributed by atoms with E-state index in [1.54, 1.807) is 6.92 Å². The third kappa shape index (κ3) is 5.03. The highest BCUT2D eigenvalue weighted by Gasteiger charge is 2.16. The number of amides is 1. The summed E-state index contributed by atoms with van der Waals surface area (Å²) in [6.45, 7) is 7.74. The van der Waals surface area contributed by atoms with E-state index < -0.39 is 10.8 Å². The zero-order valence-corrected chi connectivity index (χ0v) is 15.4. The molecule has 0 aliphatic rings. The summed E-state index contributed by atoms with van der Waals surface area (Å²) in [5, 5.41) is 2.82. The van der Waals surface area contributed by atoms with Crippen LogP contribution in [0.2, 0.25) is 0 Å². The van der Waals surface area contributed by atoms with E-state index in [1.165, 1.54) is 0 Å². The number of nitrogens with zero attached hydrogens (tertiary/aromatic N) is 1. The average molecular weight is 348 g/mol. The lowest BCUT2D eigenvalue weighted by molar-refractivity contribution is -0.119. The minimum atomic E-state index is -1.31. The molecule has 2 atom stereocenters. The first-order valence-corrected chi connectivity index (χ1v) is 9.55. The summed E-state index contributed by atoms with van der Waals surface area (Å²) in [5.74, 6) is 1.17. The molecular weight excluding hydrogens is 324 g/mol. The first-order chi connectivity index (χ1) is 11.4. The lowest BCUT2D eigenvalue weighted by atomic mass is 10.1. The van der Waals surface area contributed by atoms with Gasteiger partial charge in [-0.3, -0.25) is 9.00 Å². The highest BCUT2D eigenvalue weighted by Crippen LogP contribution is 2.22. The number of hydrogen-bond donors (Lipinski definition) is 1. The number of carbonyl (C=O) groups excluding carboxylic acids is 1. The Hall–Kier alpha value is -1.95. The number of nitrogens with one attached hydrogen (secondary N) is 1. The van der Waals surface area contributed by atoms with E-state index in [0.717, 1.165) is 17.5 Å². The second-order valence-corrected chi connectivity index (χ2v) is 7.45. The molecule has 1 amide bonds. The Morgan fingerprint density at radius 3 is 2.58 bits per heavy atom. The van der Waals surface area contributed by atoms with Crippen molar-refractivity contribution in [3.8, 4) is 11.5 Å². The first-order valence-electron chi connectivity index (χ1n) is 8.06. The van der Waals surface area contributed by atoms with Crippen LogP contribution in [0.5, 0.6) is 0 Å². The molecule has 1 aromatic heterocycles. The summed E-state index contributed by atoms with van der Waals surface area (Å²) in [7, 11) is -1.31. The Bertz CT molecular complexity index is 722. The molecule has 2 aromatic rings. The van der Waals surface area contributed by atoms with Gasteiger partial charge in [0.2, 0.25) is 11.8 Å². The Labute approximate surface area is 145 Å². The SMILES string of the molecule is CC[C@H](C)NC(=O)C[S@@](=O)Cc1nc(-c2ccc(C)cc2)oc1C.